The van der Waals surface area contributed by atoms with E-state index in [2.05, 4.69) is 13.0 Å². The number of carbonyl (C=O) groups is 1. The number of allylic oxidation sites excluding steroid dienone is 3. The molecule has 0 radical (unpaired) electrons. The molecule has 0 spiro atoms. The van der Waals surface area contributed by atoms with Gasteiger partial charge in [-0.2, -0.15) is 0 Å². The van der Waals surface area contributed by atoms with Crippen LogP contribution in [0.2, 0.25) is 0 Å². The van der Waals surface area contributed by atoms with E-state index in [1.807, 2.05) is 33.3 Å². The van der Waals surface area contributed by atoms with E-state index < -0.39 is 5.97 Å². The Kier molecular flexibility index (Phi) is 17.9. The zero-order valence-electron chi connectivity index (χ0n) is 19.7. The summed E-state index contributed by atoms with van der Waals surface area (Å²) in [5.41, 5.74) is 0. The van der Waals surface area contributed by atoms with Crippen molar-refractivity contribution in [3.8, 4) is 0 Å². The number of hydrogen-bond acceptors (Lipinski definition) is 2. The Labute approximate surface area is 180 Å². The molecule has 1 N–H and O–H groups in total. The minimum absolute atomic E-state index is 0.0302. The molecule has 0 saturated heterocycles. The first-order chi connectivity index (χ1) is 13.8. The van der Waals surface area contributed by atoms with Crippen LogP contribution in [0.4, 0.5) is 0 Å². The number of carboxylic acids is 1. The molecule has 170 valence electrons. The van der Waals surface area contributed by atoms with Gasteiger partial charge in [-0.3, -0.25) is 4.79 Å². The van der Waals surface area contributed by atoms with Gasteiger partial charge in [0.05, 0.1) is 33.8 Å². The van der Waals surface area contributed by atoms with Crippen molar-refractivity contribution in [1.29, 1.82) is 0 Å². The van der Waals surface area contributed by atoms with Crippen molar-refractivity contribution in [3.63, 3.8) is 0 Å². The Morgan fingerprint density at radius 1 is 0.862 bits per heavy atom. The number of rotatable bonds is 20. The summed E-state index contributed by atoms with van der Waals surface area (Å²) in [6.07, 6.45) is 25.0. The van der Waals surface area contributed by atoms with E-state index >= 15 is 0 Å². The van der Waals surface area contributed by atoms with Crippen LogP contribution < -0.4 is 0 Å². The van der Waals surface area contributed by atoms with Gasteiger partial charge >= 0.3 is 5.97 Å². The summed E-state index contributed by atoms with van der Waals surface area (Å²) in [5.74, 6) is -0.820. The van der Waals surface area contributed by atoms with E-state index in [1.54, 1.807) is 6.26 Å². The molecule has 1 unspecified atom stereocenters. The maximum absolute atomic E-state index is 11.0. The van der Waals surface area contributed by atoms with Gasteiger partial charge in [0.1, 0.15) is 6.54 Å². The molecule has 0 aliphatic carbocycles. The number of ether oxygens (including phenoxy) is 1. The number of nitrogens with zero attached hydrogens (tertiary/aromatic N) is 1. The number of unbranched alkanes of at least 4 members (excludes halogenated alkanes) is 12. The molecule has 1 atom stereocenters. The Morgan fingerprint density at radius 3 is 1.86 bits per heavy atom. The first-order valence-electron chi connectivity index (χ1n) is 11.8. The number of aliphatic carboxylic acids is 1. The van der Waals surface area contributed by atoms with E-state index in [9.17, 15) is 4.79 Å². The van der Waals surface area contributed by atoms with Crippen LogP contribution in [-0.2, 0) is 9.53 Å². The Morgan fingerprint density at radius 2 is 1.38 bits per heavy atom. The van der Waals surface area contributed by atoms with Crippen molar-refractivity contribution in [2.75, 3.05) is 27.7 Å². The summed E-state index contributed by atoms with van der Waals surface area (Å²) in [6.45, 7) is 2.94. The zero-order chi connectivity index (χ0) is 21.8. The van der Waals surface area contributed by atoms with Crippen molar-refractivity contribution in [2.24, 2.45) is 0 Å². The van der Waals surface area contributed by atoms with Crippen molar-refractivity contribution in [2.45, 2.75) is 103 Å². The molecular weight excluding hydrogens is 362 g/mol. The highest BCUT2D eigenvalue weighted by Gasteiger charge is 2.21. The summed E-state index contributed by atoms with van der Waals surface area (Å²) in [5, 5.41) is 9.00. The molecule has 0 aromatic carbocycles. The average molecular weight is 411 g/mol. The molecule has 4 heteroatoms. The summed E-state index contributed by atoms with van der Waals surface area (Å²) < 4.78 is 6.30. The maximum Gasteiger partial charge on any atom is 0.307 e. The zero-order valence-corrected chi connectivity index (χ0v) is 19.7. The largest absolute Gasteiger partial charge is 0.492 e. The van der Waals surface area contributed by atoms with Gasteiger partial charge in [-0.25, -0.2) is 0 Å². The third-order valence-electron chi connectivity index (χ3n) is 4.97. The topological polar surface area (TPSA) is 46.5 Å². The second-order valence-electron chi connectivity index (χ2n) is 9.26. The minimum atomic E-state index is -0.820. The van der Waals surface area contributed by atoms with Gasteiger partial charge < -0.3 is 14.3 Å². The smallest absolute Gasteiger partial charge is 0.307 e. The molecule has 4 nitrogen and oxygen atoms in total. The molecule has 0 bridgehead atoms. The highest BCUT2D eigenvalue weighted by Crippen LogP contribution is 2.12. The summed E-state index contributed by atoms with van der Waals surface area (Å²) in [6, 6.07) is 0. The lowest BCUT2D eigenvalue weighted by Gasteiger charge is -2.28. The molecule has 0 saturated carbocycles. The van der Waals surface area contributed by atoms with Crippen LogP contribution in [0.5, 0.6) is 0 Å². The van der Waals surface area contributed by atoms with Crippen molar-refractivity contribution in [3.05, 3.63) is 24.5 Å². The summed E-state index contributed by atoms with van der Waals surface area (Å²) in [7, 11) is 6.11. The van der Waals surface area contributed by atoms with Crippen LogP contribution in [0.15, 0.2) is 24.5 Å². The highest BCUT2D eigenvalue weighted by atomic mass is 16.5. The Balaban J connectivity index is 3.61. The molecule has 0 rings (SSSR count). The SMILES string of the molecule is CCCCCCCCCCCCCCC=CC=COC(CC(=O)O)C[N+](C)(C)C. The predicted octanol–water partition coefficient (Wildman–Crippen LogP) is 6.71. The molecule has 0 fully saturated rings. The fraction of sp³-hybridized carbons (Fsp3) is 0.800. The number of likely N-dealkylation sites (N-methyl/N-ethyl adjacent to an activating group) is 1. The molecule has 0 amide bonds. The van der Waals surface area contributed by atoms with Gasteiger partial charge in [-0.1, -0.05) is 89.7 Å². The normalized spacial score (nSPS) is 13.4. The summed E-state index contributed by atoms with van der Waals surface area (Å²) in [4.78, 5) is 11.0. The average Bonchev–Trinajstić information content (AvgIpc) is 2.62. The first-order valence-corrected chi connectivity index (χ1v) is 11.8. The lowest BCUT2D eigenvalue weighted by atomic mass is 10.0. The highest BCUT2D eigenvalue weighted by molar-refractivity contribution is 5.67. The molecule has 0 aliphatic rings. The monoisotopic (exact) mass is 410 g/mol. The Hall–Kier alpha value is -1.29. The molecule has 29 heavy (non-hydrogen) atoms. The molecule has 0 aromatic rings. The van der Waals surface area contributed by atoms with E-state index in [1.165, 1.54) is 77.0 Å². The van der Waals surface area contributed by atoms with Crippen LogP contribution in [0.1, 0.15) is 96.8 Å². The van der Waals surface area contributed by atoms with Gasteiger partial charge in [-0.05, 0) is 18.9 Å². The fourth-order valence-electron chi connectivity index (χ4n) is 3.44. The predicted molar refractivity (Wildman–Crippen MR) is 124 cm³/mol. The number of quaternary nitrogens is 1. The van der Waals surface area contributed by atoms with Crippen LogP contribution in [-0.4, -0.2) is 49.4 Å². The third kappa shape index (κ3) is 22.9. The van der Waals surface area contributed by atoms with Gasteiger partial charge in [0.15, 0.2) is 6.10 Å². The fourth-order valence-corrected chi connectivity index (χ4v) is 3.44. The molecule has 0 aromatic heterocycles. The third-order valence-corrected chi connectivity index (χ3v) is 4.97. The molecule has 0 heterocycles. The van der Waals surface area contributed by atoms with E-state index in [4.69, 9.17) is 9.84 Å². The van der Waals surface area contributed by atoms with Crippen molar-refractivity contribution < 1.29 is 19.1 Å². The lowest BCUT2D eigenvalue weighted by Crippen LogP contribution is -2.42. The van der Waals surface area contributed by atoms with E-state index in [-0.39, 0.29) is 12.5 Å². The van der Waals surface area contributed by atoms with Crippen LogP contribution in [0, 0.1) is 0 Å². The second-order valence-corrected chi connectivity index (χ2v) is 9.26. The van der Waals surface area contributed by atoms with Crippen LogP contribution in [0.3, 0.4) is 0 Å². The minimum Gasteiger partial charge on any atom is -0.492 e. The van der Waals surface area contributed by atoms with Crippen molar-refractivity contribution in [1.82, 2.24) is 0 Å². The molecule has 0 aliphatic heterocycles. The van der Waals surface area contributed by atoms with Crippen LogP contribution in [0.25, 0.3) is 0 Å². The van der Waals surface area contributed by atoms with E-state index in [0.717, 1.165) is 6.42 Å². The first kappa shape index (κ1) is 27.7. The van der Waals surface area contributed by atoms with Gasteiger partial charge in [0.2, 0.25) is 0 Å². The van der Waals surface area contributed by atoms with E-state index in [0.29, 0.717) is 11.0 Å². The lowest BCUT2D eigenvalue weighted by molar-refractivity contribution is -0.873. The number of hydrogen-bond donors (Lipinski definition) is 1. The standard InChI is InChI=1S/C25H47NO3/c1-5-6-7-8-9-10-11-12-13-14-15-16-17-18-19-20-21-29-24(22-25(27)28)23-26(2,3)4/h18-21,24H,5-17,22-23H2,1-4H3/p+1. The maximum atomic E-state index is 11.0. The van der Waals surface area contributed by atoms with Gasteiger partial charge in [0, 0.05) is 0 Å². The quantitative estimate of drug-likeness (QED) is 0.105. The van der Waals surface area contributed by atoms with Gasteiger partial charge in [-0.15, -0.1) is 0 Å². The Bertz CT molecular complexity index is 438. The second kappa shape index (κ2) is 18.7. The number of carboxylic acid groups (broad SMARTS) is 1. The summed E-state index contributed by atoms with van der Waals surface area (Å²) >= 11 is 0. The van der Waals surface area contributed by atoms with Crippen molar-refractivity contribution >= 4 is 5.97 Å². The molecular formula is C25H48NO3+. The van der Waals surface area contributed by atoms with Gasteiger partial charge in [0.25, 0.3) is 0 Å². The van der Waals surface area contributed by atoms with Crippen LogP contribution >= 0.6 is 0 Å².